The third kappa shape index (κ3) is 3.55. The fourth-order valence-corrected chi connectivity index (χ4v) is 2.86. The predicted molar refractivity (Wildman–Crippen MR) is 99.4 cm³/mol. The number of rotatable bonds is 6. The molecule has 3 aromatic rings. The number of nitrogens with zero attached hydrogens (tertiary/aromatic N) is 2. The summed E-state index contributed by atoms with van der Waals surface area (Å²) in [7, 11) is 0. The number of aromatic carboxylic acids is 1. The Morgan fingerprint density at radius 1 is 1.12 bits per heavy atom. The van der Waals surface area contributed by atoms with Crippen molar-refractivity contribution in [2.75, 3.05) is 18.0 Å². The molecule has 0 amide bonds. The molecule has 5 heteroatoms. The molecule has 1 heterocycles. The molecule has 0 aliphatic rings. The number of para-hydroxylation sites is 1. The maximum atomic E-state index is 11.2. The standard InChI is InChI=1S/C20H21N3O2/c1-3-23(4-2)15-11-8-14(9-12-15)10-13-18-21-17-7-5-6-16(20(24)25)19(17)22-18/h5-13H,3-4H2,1-2H3,(H,21,22)(H,24,25)/p-1/b13-10+. The highest BCUT2D eigenvalue weighted by atomic mass is 16.4. The number of benzene rings is 2. The van der Waals surface area contributed by atoms with Crippen LogP contribution in [0.1, 0.15) is 35.6 Å². The van der Waals surface area contributed by atoms with E-state index in [4.69, 9.17) is 0 Å². The summed E-state index contributed by atoms with van der Waals surface area (Å²) in [5.41, 5.74) is 3.44. The molecule has 2 aromatic carbocycles. The van der Waals surface area contributed by atoms with Crippen LogP contribution < -0.4 is 10.0 Å². The molecule has 0 fully saturated rings. The van der Waals surface area contributed by atoms with Gasteiger partial charge in [0, 0.05) is 24.3 Å². The average molecular weight is 334 g/mol. The summed E-state index contributed by atoms with van der Waals surface area (Å²) in [4.78, 5) is 20.9. The van der Waals surface area contributed by atoms with Gasteiger partial charge >= 0.3 is 0 Å². The molecule has 1 aromatic heterocycles. The number of fused-ring (bicyclic) bond motifs is 1. The quantitative estimate of drug-likeness (QED) is 0.752. The molecule has 1 N–H and O–H groups in total. The highest BCUT2D eigenvalue weighted by Crippen LogP contribution is 2.19. The third-order valence-corrected chi connectivity index (χ3v) is 4.21. The van der Waals surface area contributed by atoms with E-state index in [1.165, 1.54) is 11.8 Å². The second kappa shape index (κ2) is 7.21. The van der Waals surface area contributed by atoms with Crippen molar-refractivity contribution in [2.45, 2.75) is 13.8 Å². The summed E-state index contributed by atoms with van der Waals surface area (Å²) in [6.07, 6.45) is 3.79. The van der Waals surface area contributed by atoms with E-state index in [0.29, 0.717) is 16.9 Å². The number of aromatic nitrogens is 2. The van der Waals surface area contributed by atoms with Crippen molar-refractivity contribution >= 4 is 34.8 Å². The number of nitrogens with one attached hydrogen (secondary N) is 1. The maximum Gasteiger partial charge on any atom is 0.131 e. The van der Waals surface area contributed by atoms with Crippen LogP contribution in [0.4, 0.5) is 5.69 Å². The van der Waals surface area contributed by atoms with Gasteiger partial charge in [0.15, 0.2) is 0 Å². The molecule has 0 unspecified atom stereocenters. The molecule has 0 saturated carbocycles. The summed E-state index contributed by atoms with van der Waals surface area (Å²) in [6, 6.07) is 13.3. The Labute approximate surface area is 146 Å². The number of carbonyl (C=O) groups is 1. The van der Waals surface area contributed by atoms with Gasteiger partial charge in [-0.2, -0.15) is 0 Å². The largest absolute Gasteiger partial charge is 0.545 e. The number of anilines is 1. The van der Waals surface area contributed by atoms with Gasteiger partial charge in [-0.25, -0.2) is 4.98 Å². The van der Waals surface area contributed by atoms with Crippen LogP contribution in [-0.4, -0.2) is 29.0 Å². The number of carboxylic acid groups (broad SMARTS) is 1. The van der Waals surface area contributed by atoms with Gasteiger partial charge in [0.2, 0.25) is 0 Å². The minimum absolute atomic E-state index is 0.0944. The highest BCUT2D eigenvalue weighted by Gasteiger charge is 2.06. The Hall–Kier alpha value is -3.08. The predicted octanol–water partition coefficient (Wildman–Crippen LogP) is 2.94. The third-order valence-electron chi connectivity index (χ3n) is 4.21. The van der Waals surface area contributed by atoms with E-state index >= 15 is 0 Å². The van der Waals surface area contributed by atoms with E-state index in [9.17, 15) is 9.90 Å². The topological polar surface area (TPSA) is 72.1 Å². The number of hydrogen-bond donors (Lipinski definition) is 1. The van der Waals surface area contributed by atoms with Crippen molar-refractivity contribution in [1.29, 1.82) is 0 Å². The molecule has 25 heavy (non-hydrogen) atoms. The number of imidazole rings is 1. The number of carbonyl (C=O) groups excluding carboxylic acids is 1. The van der Waals surface area contributed by atoms with Gasteiger partial charge in [0.1, 0.15) is 5.82 Å². The molecule has 0 aliphatic heterocycles. The molecular weight excluding hydrogens is 314 g/mol. The van der Waals surface area contributed by atoms with Crippen molar-refractivity contribution in [1.82, 2.24) is 9.97 Å². The monoisotopic (exact) mass is 334 g/mol. The lowest BCUT2D eigenvalue weighted by molar-refractivity contribution is -0.254. The molecule has 0 saturated heterocycles. The smallest absolute Gasteiger partial charge is 0.131 e. The van der Waals surface area contributed by atoms with Crippen LogP contribution >= 0.6 is 0 Å². The summed E-state index contributed by atoms with van der Waals surface area (Å²) < 4.78 is 0. The van der Waals surface area contributed by atoms with E-state index in [1.54, 1.807) is 12.1 Å². The minimum Gasteiger partial charge on any atom is -0.545 e. The lowest BCUT2D eigenvalue weighted by Crippen LogP contribution is -2.22. The second-order valence-electron chi connectivity index (χ2n) is 5.71. The first-order valence-electron chi connectivity index (χ1n) is 8.35. The molecule has 0 aliphatic carbocycles. The average Bonchev–Trinajstić information content (AvgIpc) is 3.05. The Kier molecular flexibility index (Phi) is 4.84. The second-order valence-corrected chi connectivity index (χ2v) is 5.71. The molecule has 0 bridgehead atoms. The van der Waals surface area contributed by atoms with Crippen molar-refractivity contribution in [3.05, 3.63) is 59.4 Å². The van der Waals surface area contributed by atoms with Gasteiger partial charge in [-0.05, 0) is 43.7 Å². The Morgan fingerprint density at radius 2 is 1.84 bits per heavy atom. The SMILES string of the molecule is CCN(CC)c1ccc(/C=C/c2nc3c(C(=O)[O-])cccc3[nH]2)cc1. The summed E-state index contributed by atoms with van der Waals surface area (Å²) in [6.45, 7) is 6.23. The van der Waals surface area contributed by atoms with Crippen LogP contribution in [0.5, 0.6) is 0 Å². The van der Waals surface area contributed by atoms with Crippen molar-refractivity contribution in [2.24, 2.45) is 0 Å². The van der Waals surface area contributed by atoms with Gasteiger partial charge in [0.05, 0.1) is 17.0 Å². The zero-order chi connectivity index (χ0) is 17.8. The van der Waals surface area contributed by atoms with Crippen molar-refractivity contribution < 1.29 is 9.90 Å². The van der Waals surface area contributed by atoms with Crippen LogP contribution in [0.15, 0.2) is 42.5 Å². The Balaban J connectivity index is 1.83. The first-order valence-corrected chi connectivity index (χ1v) is 8.35. The van der Waals surface area contributed by atoms with E-state index in [2.05, 4.69) is 53.0 Å². The lowest BCUT2D eigenvalue weighted by atomic mass is 10.2. The van der Waals surface area contributed by atoms with Crippen LogP contribution in [-0.2, 0) is 0 Å². The molecule has 0 spiro atoms. The fraction of sp³-hybridized carbons (Fsp3) is 0.200. The number of aromatic amines is 1. The van der Waals surface area contributed by atoms with Gasteiger partial charge in [-0.3, -0.25) is 0 Å². The molecule has 3 rings (SSSR count). The van der Waals surface area contributed by atoms with Crippen LogP contribution in [0.2, 0.25) is 0 Å². The summed E-state index contributed by atoms with van der Waals surface area (Å²) in [5, 5.41) is 11.2. The van der Waals surface area contributed by atoms with Gasteiger partial charge in [0.25, 0.3) is 0 Å². The summed E-state index contributed by atoms with van der Waals surface area (Å²) in [5.74, 6) is -0.615. The first-order chi connectivity index (χ1) is 12.1. The maximum absolute atomic E-state index is 11.2. The molecular formula is C20H20N3O2-. The van der Waals surface area contributed by atoms with Gasteiger partial charge in [-0.1, -0.05) is 30.3 Å². The van der Waals surface area contributed by atoms with Crippen LogP contribution in [0, 0.1) is 0 Å². The Morgan fingerprint density at radius 3 is 2.48 bits per heavy atom. The number of carboxylic acids is 1. The van der Waals surface area contributed by atoms with Crippen LogP contribution in [0.3, 0.4) is 0 Å². The Bertz CT molecular complexity index is 906. The normalized spacial score (nSPS) is 11.3. The van der Waals surface area contributed by atoms with Crippen LogP contribution in [0.25, 0.3) is 23.2 Å². The van der Waals surface area contributed by atoms with E-state index in [0.717, 1.165) is 18.7 Å². The van der Waals surface area contributed by atoms with Crippen molar-refractivity contribution in [3.63, 3.8) is 0 Å². The molecule has 0 atom stereocenters. The molecule has 5 nitrogen and oxygen atoms in total. The zero-order valence-corrected chi connectivity index (χ0v) is 14.3. The fourth-order valence-electron chi connectivity index (χ4n) is 2.86. The molecule has 0 radical (unpaired) electrons. The minimum atomic E-state index is -1.22. The highest BCUT2D eigenvalue weighted by molar-refractivity contribution is 6.00. The van der Waals surface area contributed by atoms with E-state index in [-0.39, 0.29) is 5.56 Å². The van der Waals surface area contributed by atoms with E-state index in [1.807, 2.05) is 12.2 Å². The van der Waals surface area contributed by atoms with Crippen molar-refractivity contribution in [3.8, 4) is 0 Å². The number of H-pyrrole nitrogens is 1. The van der Waals surface area contributed by atoms with Gasteiger partial charge < -0.3 is 19.8 Å². The van der Waals surface area contributed by atoms with Gasteiger partial charge in [-0.15, -0.1) is 0 Å². The summed E-state index contributed by atoms with van der Waals surface area (Å²) >= 11 is 0. The lowest BCUT2D eigenvalue weighted by Gasteiger charge is -2.20. The zero-order valence-electron chi connectivity index (χ0n) is 14.3. The van der Waals surface area contributed by atoms with E-state index < -0.39 is 5.97 Å². The molecule has 128 valence electrons. The number of hydrogen-bond acceptors (Lipinski definition) is 4. The first kappa shape index (κ1) is 16.8.